The molecule has 0 unspecified atom stereocenters. The molecular weight excluding hydrogens is 236 g/mol. The third-order valence-electron chi connectivity index (χ3n) is 3.33. The van der Waals surface area contributed by atoms with E-state index in [0.717, 1.165) is 25.9 Å². The first-order valence-electron chi connectivity index (χ1n) is 6.86. The normalized spacial score (nSPS) is 11.5. The van der Waals surface area contributed by atoms with E-state index in [0.29, 0.717) is 6.54 Å². The topological polar surface area (TPSA) is 47.3 Å². The maximum Gasteiger partial charge on any atom is 0.0684 e. The molecule has 1 aromatic rings. The molecule has 1 aromatic carbocycles. The fourth-order valence-electron chi connectivity index (χ4n) is 1.90. The summed E-state index contributed by atoms with van der Waals surface area (Å²) in [5.41, 5.74) is 1.02. The highest BCUT2D eigenvalue weighted by Crippen LogP contribution is 2.19. The van der Waals surface area contributed by atoms with E-state index < -0.39 is 0 Å². The van der Waals surface area contributed by atoms with Gasteiger partial charge in [0.2, 0.25) is 0 Å². The average Bonchev–Trinajstić information content (AvgIpc) is 2.43. The molecule has 104 valence electrons. The molecular formula is C16H24N2O. The molecule has 1 rings (SSSR count). The van der Waals surface area contributed by atoms with E-state index in [2.05, 4.69) is 23.1 Å². The molecule has 0 saturated heterocycles. The second-order valence-corrected chi connectivity index (χ2v) is 5.55. The SMILES string of the molecule is CC(C)(C#N)CCN(CCO)CCc1ccccc1. The molecule has 0 amide bonds. The van der Waals surface area contributed by atoms with Crippen LogP contribution < -0.4 is 0 Å². The Morgan fingerprint density at radius 3 is 2.42 bits per heavy atom. The molecule has 1 N–H and O–H groups in total. The van der Waals surface area contributed by atoms with Gasteiger partial charge in [-0.25, -0.2) is 0 Å². The van der Waals surface area contributed by atoms with Crippen molar-refractivity contribution in [2.45, 2.75) is 26.7 Å². The maximum absolute atomic E-state index is 9.11. The van der Waals surface area contributed by atoms with Gasteiger partial charge in [0, 0.05) is 13.1 Å². The first-order chi connectivity index (χ1) is 9.07. The van der Waals surface area contributed by atoms with Crippen LogP contribution in [0.3, 0.4) is 0 Å². The Kier molecular flexibility index (Phi) is 6.55. The van der Waals surface area contributed by atoms with Gasteiger partial charge < -0.3 is 10.0 Å². The Balaban J connectivity index is 2.43. The minimum absolute atomic E-state index is 0.168. The monoisotopic (exact) mass is 260 g/mol. The molecule has 0 aliphatic rings. The van der Waals surface area contributed by atoms with Crippen LogP contribution >= 0.6 is 0 Å². The van der Waals surface area contributed by atoms with Crippen LogP contribution in [0.5, 0.6) is 0 Å². The Morgan fingerprint density at radius 1 is 1.16 bits per heavy atom. The lowest BCUT2D eigenvalue weighted by Crippen LogP contribution is -2.32. The van der Waals surface area contributed by atoms with Crippen LogP contribution in [0.2, 0.25) is 0 Å². The van der Waals surface area contributed by atoms with E-state index in [1.165, 1.54) is 5.56 Å². The van der Waals surface area contributed by atoms with Gasteiger partial charge in [-0.3, -0.25) is 0 Å². The van der Waals surface area contributed by atoms with Gasteiger partial charge in [0.05, 0.1) is 18.1 Å². The summed E-state index contributed by atoms with van der Waals surface area (Å²) >= 11 is 0. The lowest BCUT2D eigenvalue weighted by molar-refractivity contribution is 0.184. The fourth-order valence-corrected chi connectivity index (χ4v) is 1.90. The summed E-state index contributed by atoms with van der Waals surface area (Å²) in [5, 5.41) is 18.1. The number of aliphatic hydroxyl groups excluding tert-OH is 1. The molecule has 0 bridgehead atoms. The zero-order valence-electron chi connectivity index (χ0n) is 12.0. The van der Waals surface area contributed by atoms with Crippen LogP contribution in [0.25, 0.3) is 0 Å². The van der Waals surface area contributed by atoms with Crippen LogP contribution in [0.1, 0.15) is 25.8 Å². The summed E-state index contributed by atoms with van der Waals surface area (Å²) in [5.74, 6) is 0. The molecule has 0 radical (unpaired) electrons. The quantitative estimate of drug-likeness (QED) is 0.781. The zero-order valence-corrected chi connectivity index (χ0v) is 12.0. The maximum atomic E-state index is 9.11. The fraction of sp³-hybridized carbons (Fsp3) is 0.562. The van der Waals surface area contributed by atoms with Crippen LogP contribution in [0.15, 0.2) is 30.3 Å². The highest BCUT2D eigenvalue weighted by molar-refractivity contribution is 5.14. The molecule has 0 aliphatic heterocycles. The molecule has 0 spiro atoms. The number of rotatable bonds is 8. The summed E-state index contributed by atoms with van der Waals surface area (Å²) in [6.45, 7) is 6.54. The summed E-state index contributed by atoms with van der Waals surface area (Å²) < 4.78 is 0. The minimum Gasteiger partial charge on any atom is -0.395 e. The van der Waals surface area contributed by atoms with Crippen molar-refractivity contribution < 1.29 is 5.11 Å². The van der Waals surface area contributed by atoms with Crippen LogP contribution in [-0.2, 0) is 6.42 Å². The minimum atomic E-state index is -0.291. The Hall–Kier alpha value is -1.37. The van der Waals surface area contributed by atoms with Crippen molar-refractivity contribution in [3.63, 3.8) is 0 Å². The van der Waals surface area contributed by atoms with Gasteiger partial charge in [0.15, 0.2) is 0 Å². The summed E-state index contributed by atoms with van der Waals surface area (Å²) in [6, 6.07) is 12.7. The zero-order chi connectivity index (χ0) is 14.1. The standard InChI is InChI=1S/C16H24N2O/c1-16(2,14-17)9-11-18(12-13-19)10-8-15-6-4-3-5-7-15/h3-7,19H,8-13H2,1-2H3. The van der Waals surface area contributed by atoms with Crippen molar-refractivity contribution in [1.29, 1.82) is 5.26 Å². The molecule has 3 nitrogen and oxygen atoms in total. The highest BCUT2D eigenvalue weighted by atomic mass is 16.3. The van der Waals surface area contributed by atoms with Gasteiger partial charge >= 0.3 is 0 Å². The van der Waals surface area contributed by atoms with Crippen molar-refractivity contribution in [2.75, 3.05) is 26.2 Å². The van der Waals surface area contributed by atoms with Crippen LogP contribution in [0, 0.1) is 16.7 Å². The van der Waals surface area contributed by atoms with E-state index in [1.54, 1.807) is 0 Å². The molecule has 0 saturated carbocycles. The van der Waals surface area contributed by atoms with Crippen molar-refractivity contribution in [3.05, 3.63) is 35.9 Å². The number of aliphatic hydroxyl groups is 1. The number of nitrogens with zero attached hydrogens (tertiary/aromatic N) is 2. The lowest BCUT2D eigenvalue weighted by atomic mass is 9.91. The van der Waals surface area contributed by atoms with Gasteiger partial charge in [-0.05, 0) is 38.8 Å². The summed E-state index contributed by atoms with van der Waals surface area (Å²) in [6.07, 6.45) is 1.81. The van der Waals surface area contributed by atoms with E-state index in [1.807, 2.05) is 32.0 Å². The van der Waals surface area contributed by atoms with Crippen molar-refractivity contribution >= 4 is 0 Å². The first-order valence-corrected chi connectivity index (χ1v) is 6.86. The van der Waals surface area contributed by atoms with E-state index >= 15 is 0 Å². The summed E-state index contributed by atoms with van der Waals surface area (Å²) in [4.78, 5) is 2.23. The molecule has 0 fully saturated rings. The number of hydrogen-bond acceptors (Lipinski definition) is 3. The van der Waals surface area contributed by atoms with Crippen LogP contribution in [0.4, 0.5) is 0 Å². The van der Waals surface area contributed by atoms with Crippen molar-refractivity contribution in [2.24, 2.45) is 5.41 Å². The van der Waals surface area contributed by atoms with Gasteiger partial charge in [-0.2, -0.15) is 5.26 Å². The van der Waals surface area contributed by atoms with Gasteiger partial charge in [0.1, 0.15) is 0 Å². The molecule has 0 atom stereocenters. The second kappa shape index (κ2) is 7.93. The summed E-state index contributed by atoms with van der Waals surface area (Å²) in [7, 11) is 0. The predicted molar refractivity (Wildman–Crippen MR) is 77.7 cm³/mol. The molecule has 3 heteroatoms. The number of benzene rings is 1. The number of nitriles is 1. The van der Waals surface area contributed by atoms with Gasteiger partial charge in [0.25, 0.3) is 0 Å². The molecule has 0 aliphatic carbocycles. The number of hydrogen-bond donors (Lipinski definition) is 1. The Bertz CT molecular complexity index is 395. The Labute approximate surface area is 116 Å². The molecule has 0 aromatic heterocycles. The van der Waals surface area contributed by atoms with E-state index in [9.17, 15) is 0 Å². The smallest absolute Gasteiger partial charge is 0.0684 e. The van der Waals surface area contributed by atoms with Crippen molar-refractivity contribution in [3.8, 4) is 6.07 Å². The van der Waals surface area contributed by atoms with Crippen LogP contribution in [-0.4, -0.2) is 36.2 Å². The van der Waals surface area contributed by atoms with Crippen molar-refractivity contribution in [1.82, 2.24) is 4.90 Å². The predicted octanol–water partition coefficient (Wildman–Crippen LogP) is 2.46. The largest absolute Gasteiger partial charge is 0.395 e. The van der Waals surface area contributed by atoms with E-state index in [-0.39, 0.29) is 12.0 Å². The second-order valence-electron chi connectivity index (χ2n) is 5.55. The first kappa shape index (κ1) is 15.7. The molecule has 0 heterocycles. The average molecular weight is 260 g/mol. The molecule has 19 heavy (non-hydrogen) atoms. The van der Waals surface area contributed by atoms with E-state index in [4.69, 9.17) is 10.4 Å². The highest BCUT2D eigenvalue weighted by Gasteiger charge is 2.18. The van der Waals surface area contributed by atoms with Gasteiger partial charge in [-0.1, -0.05) is 30.3 Å². The Morgan fingerprint density at radius 2 is 1.84 bits per heavy atom. The lowest BCUT2D eigenvalue weighted by Gasteiger charge is -2.24. The third kappa shape index (κ3) is 6.37. The third-order valence-corrected chi connectivity index (χ3v) is 3.33. The van der Waals surface area contributed by atoms with Gasteiger partial charge in [-0.15, -0.1) is 0 Å².